The molecule has 20 heavy (non-hydrogen) atoms. The SMILES string of the molecule is Nc1noc(-c2ccccc2Cl)c1-c1cccc(F)c1. The summed E-state index contributed by atoms with van der Waals surface area (Å²) in [7, 11) is 0. The fourth-order valence-electron chi connectivity index (χ4n) is 2.05. The molecule has 2 aromatic carbocycles. The van der Waals surface area contributed by atoms with Crippen molar-refractivity contribution in [2.24, 2.45) is 0 Å². The molecule has 0 amide bonds. The van der Waals surface area contributed by atoms with Gasteiger partial charge in [-0.15, -0.1) is 0 Å². The Morgan fingerprint density at radius 3 is 2.65 bits per heavy atom. The molecular formula is C15H10ClFN2O. The van der Waals surface area contributed by atoms with Gasteiger partial charge in [0.05, 0.1) is 10.6 Å². The first-order valence-corrected chi connectivity index (χ1v) is 6.30. The quantitative estimate of drug-likeness (QED) is 0.761. The van der Waals surface area contributed by atoms with Crippen LogP contribution in [0.1, 0.15) is 0 Å². The summed E-state index contributed by atoms with van der Waals surface area (Å²) in [5.41, 5.74) is 7.64. The Kier molecular flexibility index (Phi) is 3.16. The molecule has 3 rings (SSSR count). The summed E-state index contributed by atoms with van der Waals surface area (Å²) in [6.07, 6.45) is 0. The van der Waals surface area contributed by atoms with Gasteiger partial charge in [0.2, 0.25) is 0 Å². The Balaban J connectivity index is 2.23. The Morgan fingerprint density at radius 2 is 1.90 bits per heavy atom. The number of hydrogen-bond donors (Lipinski definition) is 1. The van der Waals surface area contributed by atoms with Crippen LogP contribution in [-0.2, 0) is 0 Å². The molecule has 0 saturated carbocycles. The van der Waals surface area contributed by atoms with E-state index in [2.05, 4.69) is 5.16 Å². The maximum Gasteiger partial charge on any atom is 0.178 e. The Morgan fingerprint density at radius 1 is 1.10 bits per heavy atom. The van der Waals surface area contributed by atoms with E-state index in [1.807, 2.05) is 12.1 Å². The molecule has 1 aromatic heterocycles. The summed E-state index contributed by atoms with van der Waals surface area (Å²) in [6, 6.07) is 13.3. The topological polar surface area (TPSA) is 52.0 Å². The second-order valence-corrected chi connectivity index (χ2v) is 4.67. The van der Waals surface area contributed by atoms with Gasteiger partial charge >= 0.3 is 0 Å². The van der Waals surface area contributed by atoms with E-state index in [4.69, 9.17) is 21.9 Å². The van der Waals surface area contributed by atoms with Crippen molar-refractivity contribution in [2.75, 3.05) is 5.73 Å². The standard InChI is InChI=1S/C15H10ClFN2O/c16-12-7-2-1-6-11(12)14-13(15(18)19-20-14)9-4-3-5-10(17)8-9/h1-8H,(H2,18,19). The molecule has 0 aliphatic carbocycles. The molecule has 3 aromatic rings. The highest BCUT2D eigenvalue weighted by Gasteiger charge is 2.19. The molecule has 0 unspecified atom stereocenters. The smallest absolute Gasteiger partial charge is 0.178 e. The maximum absolute atomic E-state index is 13.4. The van der Waals surface area contributed by atoms with Gasteiger partial charge in [-0.2, -0.15) is 0 Å². The molecule has 0 radical (unpaired) electrons. The number of nitrogen functional groups attached to an aromatic ring is 1. The summed E-state index contributed by atoms with van der Waals surface area (Å²) >= 11 is 6.16. The molecule has 0 atom stereocenters. The zero-order valence-corrected chi connectivity index (χ0v) is 11.1. The van der Waals surface area contributed by atoms with Crippen molar-refractivity contribution in [3.05, 3.63) is 59.4 Å². The van der Waals surface area contributed by atoms with Crippen LogP contribution in [-0.4, -0.2) is 5.16 Å². The van der Waals surface area contributed by atoms with Crippen molar-refractivity contribution in [3.63, 3.8) is 0 Å². The number of nitrogens with two attached hydrogens (primary N) is 1. The van der Waals surface area contributed by atoms with Gasteiger partial charge in [0.1, 0.15) is 5.82 Å². The average molecular weight is 289 g/mol. The summed E-state index contributed by atoms with van der Waals surface area (Å²) in [4.78, 5) is 0. The third-order valence-electron chi connectivity index (χ3n) is 2.95. The van der Waals surface area contributed by atoms with Crippen molar-refractivity contribution in [3.8, 4) is 22.5 Å². The highest BCUT2D eigenvalue weighted by atomic mass is 35.5. The zero-order valence-electron chi connectivity index (χ0n) is 10.3. The summed E-state index contributed by atoms with van der Waals surface area (Å²) in [5, 5.41) is 4.28. The second-order valence-electron chi connectivity index (χ2n) is 4.26. The van der Waals surface area contributed by atoms with Crippen LogP contribution in [0.3, 0.4) is 0 Å². The summed E-state index contributed by atoms with van der Waals surface area (Å²) < 4.78 is 18.7. The highest BCUT2D eigenvalue weighted by molar-refractivity contribution is 6.33. The van der Waals surface area contributed by atoms with E-state index >= 15 is 0 Å². The van der Waals surface area contributed by atoms with Crippen LogP contribution in [0.25, 0.3) is 22.5 Å². The third kappa shape index (κ3) is 2.14. The van der Waals surface area contributed by atoms with Gasteiger partial charge in [0, 0.05) is 5.56 Å². The largest absolute Gasteiger partial charge is 0.380 e. The van der Waals surface area contributed by atoms with Crippen molar-refractivity contribution >= 4 is 17.4 Å². The fourth-order valence-corrected chi connectivity index (χ4v) is 2.28. The average Bonchev–Trinajstić information content (AvgIpc) is 2.81. The predicted octanol–water partition coefficient (Wildman–Crippen LogP) is 4.38. The van der Waals surface area contributed by atoms with E-state index in [9.17, 15) is 4.39 Å². The molecule has 0 spiro atoms. The van der Waals surface area contributed by atoms with Crippen LogP contribution in [0, 0.1) is 5.82 Å². The molecule has 0 fully saturated rings. The van der Waals surface area contributed by atoms with Gasteiger partial charge in [-0.1, -0.05) is 41.0 Å². The zero-order chi connectivity index (χ0) is 14.1. The summed E-state index contributed by atoms with van der Waals surface area (Å²) in [5.74, 6) is 0.275. The van der Waals surface area contributed by atoms with Gasteiger partial charge in [0.25, 0.3) is 0 Å². The lowest BCUT2D eigenvalue weighted by molar-refractivity contribution is 0.436. The lowest BCUT2D eigenvalue weighted by atomic mass is 10.0. The van der Waals surface area contributed by atoms with E-state index in [0.717, 1.165) is 0 Å². The van der Waals surface area contributed by atoms with Crippen LogP contribution in [0.15, 0.2) is 53.1 Å². The molecule has 3 nitrogen and oxygen atoms in total. The van der Waals surface area contributed by atoms with Crippen LogP contribution >= 0.6 is 11.6 Å². The predicted molar refractivity (Wildman–Crippen MR) is 76.8 cm³/mol. The van der Waals surface area contributed by atoms with E-state index < -0.39 is 0 Å². The minimum Gasteiger partial charge on any atom is -0.380 e. The first kappa shape index (κ1) is 12.7. The van der Waals surface area contributed by atoms with Crippen molar-refractivity contribution < 1.29 is 8.91 Å². The van der Waals surface area contributed by atoms with E-state index in [0.29, 0.717) is 27.5 Å². The van der Waals surface area contributed by atoms with Crippen LogP contribution in [0.4, 0.5) is 10.2 Å². The number of anilines is 1. The molecule has 0 saturated heterocycles. The van der Waals surface area contributed by atoms with Crippen LogP contribution in [0.5, 0.6) is 0 Å². The fraction of sp³-hybridized carbons (Fsp3) is 0. The number of benzene rings is 2. The third-order valence-corrected chi connectivity index (χ3v) is 3.28. The monoisotopic (exact) mass is 288 g/mol. The van der Waals surface area contributed by atoms with Gasteiger partial charge in [0.15, 0.2) is 11.6 Å². The lowest BCUT2D eigenvalue weighted by Gasteiger charge is -2.04. The van der Waals surface area contributed by atoms with Gasteiger partial charge in [-0.05, 0) is 29.8 Å². The molecule has 5 heteroatoms. The number of halogens is 2. The maximum atomic E-state index is 13.4. The lowest BCUT2D eigenvalue weighted by Crippen LogP contribution is -1.89. The van der Waals surface area contributed by atoms with Gasteiger partial charge < -0.3 is 10.3 Å². The van der Waals surface area contributed by atoms with Crippen LogP contribution in [0.2, 0.25) is 5.02 Å². The molecule has 2 N–H and O–H groups in total. The van der Waals surface area contributed by atoms with Gasteiger partial charge in [-0.25, -0.2) is 4.39 Å². The summed E-state index contributed by atoms with van der Waals surface area (Å²) in [6.45, 7) is 0. The molecule has 0 aliphatic rings. The first-order chi connectivity index (χ1) is 9.66. The minimum atomic E-state index is -0.354. The van der Waals surface area contributed by atoms with Crippen LogP contribution < -0.4 is 5.73 Å². The number of hydrogen-bond acceptors (Lipinski definition) is 3. The molecule has 100 valence electrons. The van der Waals surface area contributed by atoms with E-state index in [-0.39, 0.29) is 11.6 Å². The molecule has 0 bridgehead atoms. The number of rotatable bonds is 2. The highest BCUT2D eigenvalue weighted by Crippen LogP contribution is 2.39. The van der Waals surface area contributed by atoms with Crippen molar-refractivity contribution in [1.29, 1.82) is 0 Å². The van der Waals surface area contributed by atoms with E-state index in [1.165, 1.54) is 12.1 Å². The second kappa shape index (κ2) is 4.98. The van der Waals surface area contributed by atoms with Crippen molar-refractivity contribution in [2.45, 2.75) is 0 Å². The number of aromatic nitrogens is 1. The first-order valence-electron chi connectivity index (χ1n) is 5.93. The Hall–Kier alpha value is -2.33. The minimum absolute atomic E-state index is 0.200. The Labute approximate surface area is 119 Å². The van der Waals surface area contributed by atoms with E-state index in [1.54, 1.807) is 24.3 Å². The molecule has 0 aliphatic heterocycles. The number of nitrogens with zero attached hydrogens (tertiary/aromatic N) is 1. The normalized spacial score (nSPS) is 10.7. The Bertz CT molecular complexity index is 770. The van der Waals surface area contributed by atoms with Gasteiger partial charge in [-0.3, -0.25) is 0 Å². The molecular weight excluding hydrogens is 279 g/mol. The molecule has 1 heterocycles. The van der Waals surface area contributed by atoms with Crippen molar-refractivity contribution in [1.82, 2.24) is 5.16 Å².